The highest BCUT2D eigenvalue weighted by Gasteiger charge is 2.44. The van der Waals surface area contributed by atoms with E-state index in [4.69, 9.17) is 0 Å². The maximum Gasteiger partial charge on any atom is 0.263 e. The van der Waals surface area contributed by atoms with Crippen LogP contribution in [0.15, 0.2) is 45.8 Å². The van der Waals surface area contributed by atoms with Crippen molar-refractivity contribution in [3.8, 4) is 0 Å². The molecule has 160 valence electrons. The Balaban J connectivity index is 1.64. The molecule has 1 atom stereocenters. The third-order valence-corrected chi connectivity index (χ3v) is 7.88. The Bertz CT molecular complexity index is 1270. The lowest BCUT2D eigenvalue weighted by atomic mass is 10.0. The molecule has 1 unspecified atom stereocenters. The van der Waals surface area contributed by atoms with Gasteiger partial charge in [0.2, 0.25) is 11.8 Å². The normalized spacial score (nSPS) is 18.8. The predicted molar refractivity (Wildman–Crippen MR) is 113 cm³/mol. The number of nitrogens with one attached hydrogen (secondary N) is 2. The fraction of sp³-hybridized carbons (Fsp3) is 0.200. The largest absolute Gasteiger partial charge is 0.295 e. The number of sulfonamides is 1. The summed E-state index contributed by atoms with van der Waals surface area (Å²) in [4.78, 5) is 50.0. The Hall–Kier alpha value is -3.05. The van der Waals surface area contributed by atoms with Crippen molar-refractivity contribution in [3.05, 3.63) is 57.6 Å². The van der Waals surface area contributed by atoms with E-state index >= 15 is 0 Å². The first kappa shape index (κ1) is 21.2. The number of anilines is 1. The standard InChI is InChI=1S/C20H16BrN3O6S/c1-10-3-2-4-15(17(10)21)31(29,30)23-11-5-6-12-13(9-11)20(28)24(19(12)27)14-7-8-16(25)22-18(14)26/h2-6,9,14,23H,7-8H2,1H3,(H,22,25,26). The van der Waals surface area contributed by atoms with E-state index in [1.165, 1.54) is 24.3 Å². The lowest BCUT2D eigenvalue weighted by Gasteiger charge is -2.27. The van der Waals surface area contributed by atoms with E-state index in [9.17, 15) is 27.6 Å². The molecule has 2 aromatic rings. The Morgan fingerprint density at radius 3 is 2.48 bits per heavy atom. The molecule has 11 heteroatoms. The van der Waals surface area contributed by atoms with Crippen molar-refractivity contribution in [2.24, 2.45) is 0 Å². The Morgan fingerprint density at radius 2 is 1.77 bits per heavy atom. The van der Waals surface area contributed by atoms with Crippen LogP contribution >= 0.6 is 15.9 Å². The number of carbonyl (C=O) groups is 4. The zero-order chi connectivity index (χ0) is 22.5. The Labute approximate surface area is 186 Å². The fourth-order valence-corrected chi connectivity index (χ4v) is 5.68. The zero-order valence-electron chi connectivity index (χ0n) is 16.1. The molecule has 4 rings (SSSR count). The molecule has 1 saturated heterocycles. The Morgan fingerprint density at radius 1 is 1.06 bits per heavy atom. The summed E-state index contributed by atoms with van der Waals surface area (Å²) in [5, 5.41) is 2.12. The van der Waals surface area contributed by atoms with Crippen LogP contribution in [0.2, 0.25) is 0 Å². The van der Waals surface area contributed by atoms with Crippen molar-refractivity contribution in [2.45, 2.75) is 30.7 Å². The van der Waals surface area contributed by atoms with Crippen molar-refractivity contribution in [1.82, 2.24) is 10.2 Å². The van der Waals surface area contributed by atoms with Crippen LogP contribution in [0.25, 0.3) is 0 Å². The molecule has 0 aromatic heterocycles. The van der Waals surface area contributed by atoms with Gasteiger partial charge in [-0.05, 0) is 59.1 Å². The van der Waals surface area contributed by atoms with E-state index in [0.29, 0.717) is 4.47 Å². The van der Waals surface area contributed by atoms with Gasteiger partial charge in [0.15, 0.2) is 0 Å². The van der Waals surface area contributed by atoms with Gasteiger partial charge >= 0.3 is 0 Å². The molecular weight excluding hydrogens is 490 g/mol. The number of halogens is 1. The van der Waals surface area contributed by atoms with E-state index < -0.39 is 39.7 Å². The lowest BCUT2D eigenvalue weighted by molar-refractivity contribution is -0.136. The summed E-state index contributed by atoms with van der Waals surface area (Å²) >= 11 is 3.27. The van der Waals surface area contributed by atoms with E-state index in [1.54, 1.807) is 19.1 Å². The number of amides is 4. The van der Waals surface area contributed by atoms with Gasteiger partial charge in [-0.3, -0.25) is 34.1 Å². The molecule has 2 N–H and O–H groups in total. The number of rotatable bonds is 4. The number of hydrogen-bond donors (Lipinski definition) is 2. The van der Waals surface area contributed by atoms with E-state index in [2.05, 4.69) is 26.0 Å². The monoisotopic (exact) mass is 505 g/mol. The summed E-state index contributed by atoms with van der Waals surface area (Å²) in [6.07, 6.45) is 0.0528. The molecule has 1 fully saturated rings. The molecule has 9 nitrogen and oxygen atoms in total. The number of imide groups is 2. The van der Waals surface area contributed by atoms with Crippen LogP contribution in [-0.4, -0.2) is 43.0 Å². The van der Waals surface area contributed by atoms with E-state index in [-0.39, 0.29) is 34.6 Å². The maximum atomic E-state index is 12.9. The van der Waals surface area contributed by atoms with E-state index in [0.717, 1.165) is 10.5 Å². The average Bonchev–Trinajstić information content (AvgIpc) is 2.94. The van der Waals surface area contributed by atoms with Crippen LogP contribution < -0.4 is 10.0 Å². The van der Waals surface area contributed by atoms with Gasteiger partial charge in [0.05, 0.1) is 11.1 Å². The molecule has 2 heterocycles. The molecule has 2 aromatic carbocycles. The third kappa shape index (κ3) is 3.63. The van der Waals surface area contributed by atoms with Crippen molar-refractivity contribution in [3.63, 3.8) is 0 Å². The quantitative estimate of drug-likeness (QED) is 0.610. The smallest absolute Gasteiger partial charge is 0.263 e. The highest BCUT2D eigenvalue weighted by molar-refractivity contribution is 9.10. The third-order valence-electron chi connectivity index (χ3n) is 5.14. The van der Waals surface area contributed by atoms with Crippen LogP contribution in [0.3, 0.4) is 0 Å². The average molecular weight is 506 g/mol. The van der Waals surface area contributed by atoms with Crippen LogP contribution in [0.1, 0.15) is 39.1 Å². The molecule has 0 aliphatic carbocycles. The first-order valence-corrected chi connectivity index (χ1v) is 11.5. The highest BCUT2D eigenvalue weighted by Crippen LogP contribution is 2.31. The predicted octanol–water partition coefficient (Wildman–Crippen LogP) is 1.96. The second-order valence-corrected chi connectivity index (χ2v) is 9.64. The lowest BCUT2D eigenvalue weighted by Crippen LogP contribution is -2.54. The van der Waals surface area contributed by atoms with Gasteiger partial charge in [0.25, 0.3) is 21.8 Å². The molecule has 0 spiro atoms. The molecule has 0 radical (unpaired) electrons. The molecule has 2 aliphatic heterocycles. The summed E-state index contributed by atoms with van der Waals surface area (Å²) in [5.74, 6) is -2.55. The van der Waals surface area contributed by atoms with Crippen LogP contribution in [0, 0.1) is 6.92 Å². The summed E-state index contributed by atoms with van der Waals surface area (Å²) in [7, 11) is -3.97. The summed E-state index contributed by atoms with van der Waals surface area (Å²) in [6.45, 7) is 1.76. The minimum Gasteiger partial charge on any atom is -0.295 e. The van der Waals surface area contributed by atoms with Gasteiger partial charge in [0, 0.05) is 16.6 Å². The van der Waals surface area contributed by atoms with Crippen LogP contribution in [0.5, 0.6) is 0 Å². The minimum absolute atomic E-state index is 0.0141. The van der Waals surface area contributed by atoms with Gasteiger partial charge in [-0.2, -0.15) is 0 Å². The summed E-state index contributed by atoms with van der Waals surface area (Å²) < 4.78 is 28.5. The number of piperidine rings is 1. The van der Waals surface area contributed by atoms with Crippen molar-refractivity contribution >= 4 is 55.3 Å². The van der Waals surface area contributed by atoms with E-state index in [1.807, 2.05) is 0 Å². The SMILES string of the molecule is Cc1cccc(S(=O)(=O)Nc2ccc3c(c2)C(=O)N(C2CCC(=O)NC2=O)C3=O)c1Br. The molecule has 31 heavy (non-hydrogen) atoms. The van der Waals surface area contributed by atoms with Gasteiger partial charge in [-0.1, -0.05) is 12.1 Å². The van der Waals surface area contributed by atoms with Gasteiger partial charge in [-0.25, -0.2) is 8.42 Å². The second-order valence-electron chi connectivity index (χ2n) is 7.20. The molecule has 0 bridgehead atoms. The number of carbonyl (C=O) groups excluding carboxylic acids is 4. The fourth-order valence-electron chi connectivity index (χ4n) is 3.57. The van der Waals surface area contributed by atoms with Crippen molar-refractivity contribution in [1.29, 1.82) is 0 Å². The van der Waals surface area contributed by atoms with Crippen molar-refractivity contribution < 1.29 is 27.6 Å². The number of fused-ring (bicyclic) bond motifs is 1. The van der Waals surface area contributed by atoms with Gasteiger partial charge in [0.1, 0.15) is 10.9 Å². The Kier molecular flexibility index (Phi) is 5.18. The number of hydrogen-bond acceptors (Lipinski definition) is 6. The first-order valence-electron chi connectivity index (χ1n) is 9.24. The molecule has 4 amide bonds. The zero-order valence-corrected chi connectivity index (χ0v) is 18.5. The van der Waals surface area contributed by atoms with Crippen LogP contribution in [-0.2, 0) is 19.6 Å². The molecular formula is C20H16BrN3O6S. The highest BCUT2D eigenvalue weighted by atomic mass is 79.9. The van der Waals surface area contributed by atoms with Gasteiger partial charge in [-0.15, -0.1) is 0 Å². The van der Waals surface area contributed by atoms with Gasteiger partial charge < -0.3 is 0 Å². The molecule has 0 saturated carbocycles. The first-order chi connectivity index (χ1) is 14.6. The van der Waals surface area contributed by atoms with Crippen LogP contribution in [0.4, 0.5) is 5.69 Å². The maximum absolute atomic E-state index is 12.9. The number of benzene rings is 2. The van der Waals surface area contributed by atoms with Crippen molar-refractivity contribution in [2.75, 3.05) is 4.72 Å². The summed E-state index contributed by atoms with van der Waals surface area (Å²) in [5.41, 5.74) is 0.878. The number of aryl methyl sites for hydroxylation is 1. The number of nitrogens with zero attached hydrogens (tertiary/aromatic N) is 1. The second kappa shape index (κ2) is 7.57. The minimum atomic E-state index is -3.97. The summed E-state index contributed by atoms with van der Waals surface area (Å²) in [6, 6.07) is 7.69. The topological polar surface area (TPSA) is 130 Å². The molecule has 2 aliphatic rings.